The molecule has 0 radical (unpaired) electrons. The molecule has 23 heavy (non-hydrogen) atoms. The van der Waals surface area contributed by atoms with E-state index in [9.17, 15) is 25.0 Å². The van der Waals surface area contributed by atoms with Gasteiger partial charge in [0.05, 0.1) is 9.85 Å². The lowest BCUT2D eigenvalue weighted by Crippen LogP contribution is -2.06. The van der Waals surface area contributed by atoms with E-state index >= 15 is 0 Å². The predicted octanol–water partition coefficient (Wildman–Crippen LogP) is 3.15. The zero-order chi connectivity index (χ0) is 17.0. The number of nitrogens with zero attached hydrogens (tertiary/aromatic N) is 2. The van der Waals surface area contributed by atoms with Crippen LogP contribution in [0.15, 0.2) is 42.5 Å². The van der Waals surface area contributed by atoms with Gasteiger partial charge in [-0.2, -0.15) is 0 Å². The smallest absolute Gasteiger partial charge is 0.449 e. The van der Waals surface area contributed by atoms with Gasteiger partial charge in [0.15, 0.2) is 0 Å². The quantitative estimate of drug-likeness (QED) is 0.387. The highest BCUT2D eigenvalue weighted by atomic mass is 16.7. The number of hydrogen-bond donors (Lipinski definition) is 1. The Morgan fingerprint density at radius 2 is 1.74 bits per heavy atom. The average Bonchev–Trinajstić information content (AvgIpc) is 2.48. The molecule has 1 N–H and O–H groups in total. The van der Waals surface area contributed by atoms with Crippen LogP contribution in [0.3, 0.4) is 0 Å². The third kappa shape index (κ3) is 3.79. The van der Waals surface area contributed by atoms with Crippen molar-refractivity contribution in [2.75, 3.05) is 0 Å². The molecule has 0 unspecified atom stereocenters. The van der Waals surface area contributed by atoms with Crippen molar-refractivity contribution in [3.63, 3.8) is 0 Å². The van der Waals surface area contributed by atoms with E-state index in [0.717, 1.165) is 18.2 Å². The maximum Gasteiger partial charge on any atom is 0.511 e. The summed E-state index contributed by atoms with van der Waals surface area (Å²) < 4.78 is 4.58. The van der Waals surface area contributed by atoms with E-state index in [1.54, 1.807) is 6.07 Å². The van der Waals surface area contributed by atoms with Crippen LogP contribution in [0.1, 0.15) is 11.1 Å². The monoisotopic (exact) mass is 318 g/mol. The topological polar surface area (TPSA) is 133 Å². The van der Waals surface area contributed by atoms with Crippen LogP contribution < -0.4 is 4.74 Å². The zero-order valence-corrected chi connectivity index (χ0v) is 11.5. The molecule has 0 amide bonds. The third-order valence-corrected chi connectivity index (χ3v) is 3.02. The zero-order valence-electron chi connectivity index (χ0n) is 11.5. The Morgan fingerprint density at radius 3 is 2.35 bits per heavy atom. The van der Waals surface area contributed by atoms with Crippen molar-refractivity contribution >= 4 is 17.5 Å². The first kappa shape index (κ1) is 15.9. The fraction of sp³-hybridized carbons (Fsp3) is 0.0714. The molecule has 0 heterocycles. The molecular weight excluding hydrogens is 308 g/mol. The number of carbonyl (C=O) groups is 1. The van der Waals surface area contributed by atoms with E-state index in [1.807, 2.05) is 0 Å². The van der Waals surface area contributed by atoms with Gasteiger partial charge in [0.25, 0.3) is 11.4 Å². The highest BCUT2D eigenvalue weighted by Crippen LogP contribution is 2.29. The molecule has 2 aromatic carbocycles. The molecule has 0 atom stereocenters. The molecular formula is C14H10N2O7. The van der Waals surface area contributed by atoms with Crippen LogP contribution in [0.25, 0.3) is 0 Å². The second-order valence-electron chi connectivity index (χ2n) is 4.48. The predicted molar refractivity (Wildman–Crippen MR) is 77.7 cm³/mol. The average molecular weight is 318 g/mol. The molecule has 0 fully saturated rings. The summed E-state index contributed by atoms with van der Waals surface area (Å²) in [6, 6.07) is 9.24. The standard InChI is InChI=1S/C14H10N2O7/c17-14(18)23-13-6-5-11(15(19)20)8-10(13)7-9-3-1-2-4-12(9)16(21)22/h1-6,8H,7H2,(H,17,18). The molecule has 9 heteroatoms. The van der Waals surface area contributed by atoms with Crippen LogP contribution in [0, 0.1) is 20.2 Å². The molecule has 118 valence electrons. The molecule has 0 aliphatic heterocycles. The third-order valence-electron chi connectivity index (χ3n) is 3.02. The normalized spacial score (nSPS) is 10.1. The number of hydrogen-bond acceptors (Lipinski definition) is 6. The van der Waals surface area contributed by atoms with E-state index in [4.69, 9.17) is 5.11 Å². The number of rotatable bonds is 5. The first-order valence-electron chi connectivity index (χ1n) is 6.29. The van der Waals surface area contributed by atoms with Gasteiger partial charge in [-0.05, 0) is 6.07 Å². The van der Waals surface area contributed by atoms with Crippen molar-refractivity contribution in [2.24, 2.45) is 0 Å². The lowest BCUT2D eigenvalue weighted by atomic mass is 10.0. The lowest BCUT2D eigenvalue weighted by molar-refractivity contribution is -0.385. The number of nitro benzene ring substituents is 2. The molecule has 0 aliphatic rings. The van der Waals surface area contributed by atoms with Crippen molar-refractivity contribution in [2.45, 2.75) is 6.42 Å². The number of benzene rings is 2. The van der Waals surface area contributed by atoms with Gasteiger partial charge in [-0.25, -0.2) is 4.79 Å². The molecule has 9 nitrogen and oxygen atoms in total. The number of nitro groups is 2. The van der Waals surface area contributed by atoms with Gasteiger partial charge < -0.3 is 9.84 Å². The molecule has 0 spiro atoms. The van der Waals surface area contributed by atoms with Crippen LogP contribution in [0.2, 0.25) is 0 Å². The molecule has 0 bridgehead atoms. The van der Waals surface area contributed by atoms with Gasteiger partial charge in [0.2, 0.25) is 0 Å². The summed E-state index contributed by atoms with van der Waals surface area (Å²) in [5.41, 5.74) is 0.0146. The Kier molecular flexibility index (Phi) is 4.50. The van der Waals surface area contributed by atoms with Crippen LogP contribution in [-0.4, -0.2) is 21.1 Å². The van der Waals surface area contributed by atoms with Gasteiger partial charge in [0.1, 0.15) is 5.75 Å². The van der Waals surface area contributed by atoms with E-state index in [-0.39, 0.29) is 34.7 Å². The van der Waals surface area contributed by atoms with Gasteiger partial charge in [-0.3, -0.25) is 20.2 Å². The first-order chi connectivity index (χ1) is 10.9. The van der Waals surface area contributed by atoms with Crippen molar-refractivity contribution in [3.8, 4) is 5.75 Å². The van der Waals surface area contributed by atoms with Crippen molar-refractivity contribution in [1.82, 2.24) is 0 Å². The maximum atomic E-state index is 11.0. The Balaban J connectivity index is 2.48. The Bertz CT molecular complexity index is 788. The van der Waals surface area contributed by atoms with Gasteiger partial charge >= 0.3 is 6.16 Å². The summed E-state index contributed by atoms with van der Waals surface area (Å²) in [4.78, 5) is 31.4. The van der Waals surface area contributed by atoms with E-state index in [2.05, 4.69) is 4.74 Å². The minimum atomic E-state index is -1.58. The Hall–Kier alpha value is -3.49. The van der Waals surface area contributed by atoms with Crippen LogP contribution in [-0.2, 0) is 6.42 Å². The number of para-hydroxylation sites is 1. The van der Waals surface area contributed by atoms with Gasteiger partial charge in [0, 0.05) is 35.7 Å². The van der Waals surface area contributed by atoms with E-state index < -0.39 is 16.0 Å². The maximum absolute atomic E-state index is 11.0. The van der Waals surface area contributed by atoms with Crippen LogP contribution in [0.5, 0.6) is 5.75 Å². The van der Waals surface area contributed by atoms with Gasteiger partial charge in [-0.15, -0.1) is 0 Å². The minimum Gasteiger partial charge on any atom is -0.449 e. The molecule has 0 saturated heterocycles. The first-order valence-corrected chi connectivity index (χ1v) is 6.29. The van der Waals surface area contributed by atoms with Crippen molar-refractivity contribution < 1.29 is 24.5 Å². The van der Waals surface area contributed by atoms with E-state index in [0.29, 0.717) is 0 Å². The summed E-state index contributed by atoms with van der Waals surface area (Å²) in [6.45, 7) is 0. The fourth-order valence-electron chi connectivity index (χ4n) is 2.05. The molecule has 0 aromatic heterocycles. The Morgan fingerprint density at radius 1 is 1.04 bits per heavy atom. The summed E-state index contributed by atoms with van der Waals surface area (Å²) in [7, 11) is 0. The second-order valence-corrected chi connectivity index (χ2v) is 4.48. The number of non-ortho nitro benzene ring substituents is 1. The van der Waals surface area contributed by atoms with Gasteiger partial charge in [-0.1, -0.05) is 18.2 Å². The largest absolute Gasteiger partial charge is 0.511 e. The summed E-state index contributed by atoms with van der Waals surface area (Å²) in [6.07, 6.45) is -1.66. The van der Waals surface area contributed by atoms with E-state index in [1.165, 1.54) is 18.2 Å². The molecule has 2 aromatic rings. The van der Waals surface area contributed by atoms with Crippen molar-refractivity contribution in [3.05, 3.63) is 73.8 Å². The minimum absolute atomic E-state index is 0.0819. The van der Waals surface area contributed by atoms with Crippen LogP contribution in [0.4, 0.5) is 16.2 Å². The highest BCUT2D eigenvalue weighted by Gasteiger charge is 2.18. The molecule has 2 rings (SSSR count). The number of ether oxygens (including phenoxy) is 1. The van der Waals surface area contributed by atoms with Crippen LogP contribution >= 0.6 is 0 Å². The summed E-state index contributed by atoms with van der Waals surface area (Å²) in [5, 5.41) is 30.6. The lowest BCUT2D eigenvalue weighted by Gasteiger charge is -2.08. The Labute approximate surface area is 129 Å². The summed E-state index contributed by atoms with van der Waals surface area (Å²) in [5.74, 6) is -0.110. The van der Waals surface area contributed by atoms with Crippen molar-refractivity contribution in [1.29, 1.82) is 0 Å². The number of carboxylic acid groups (broad SMARTS) is 1. The fourth-order valence-corrected chi connectivity index (χ4v) is 2.05. The second kappa shape index (κ2) is 6.52. The SMILES string of the molecule is O=C(O)Oc1ccc([N+](=O)[O-])cc1Cc1ccccc1[N+](=O)[O-]. The highest BCUT2D eigenvalue weighted by molar-refractivity contribution is 5.63. The molecule has 0 saturated carbocycles. The molecule has 0 aliphatic carbocycles. The summed E-state index contributed by atoms with van der Waals surface area (Å²) >= 11 is 0.